The Labute approximate surface area is 111 Å². The number of sulfone groups is 1. The van der Waals surface area contributed by atoms with Gasteiger partial charge in [-0.15, -0.1) is 0 Å². The van der Waals surface area contributed by atoms with Gasteiger partial charge in [0.1, 0.15) is 0 Å². The molecule has 1 saturated heterocycles. The number of rotatable bonds is 2. The van der Waals surface area contributed by atoms with E-state index in [4.69, 9.17) is 5.11 Å². The highest BCUT2D eigenvalue weighted by atomic mass is 32.2. The molecule has 0 unspecified atom stereocenters. The zero-order chi connectivity index (χ0) is 14.0. The molecule has 0 aliphatic carbocycles. The molecule has 7 nitrogen and oxygen atoms in total. The summed E-state index contributed by atoms with van der Waals surface area (Å²) in [7, 11) is -3.40. The van der Waals surface area contributed by atoms with Crippen LogP contribution in [0.5, 0.6) is 0 Å². The van der Waals surface area contributed by atoms with Crippen LogP contribution < -0.4 is 4.90 Å². The topological polar surface area (TPSA) is 90.8 Å². The van der Waals surface area contributed by atoms with Crippen molar-refractivity contribution in [3.8, 4) is 0 Å². The lowest BCUT2D eigenvalue weighted by molar-refractivity contribution is 0.142. The number of anilines is 1. The Bertz CT molecular complexity index is 579. The van der Waals surface area contributed by atoms with Gasteiger partial charge in [-0.05, 0) is 12.1 Å². The molecule has 0 spiro atoms. The van der Waals surface area contributed by atoms with Crippen LogP contribution in [0.1, 0.15) is 0 Å². The van der Waals surface area contributed by atoms with E-state index in [0.717, 1.165) is 6.26 Å². The third-order valence-electron chi connectivity index (χ3n) is 2.99. The maximum Gasteiger partial charge on any atom is 0.407 e. The number of carboxylic acid groups (broad SMARTS) is 1. The van der Waals surface area contributed by atoms with E-state index < -0.39 is 15.9 Å². The fourth-order valence-corrected chi connectivity index (χ4v) is 2.88. The van der Waals surface area contributed by atoms with E-state index in [1.807, 2.05) is 4.90 Å². The molecule has 1 aliphatic heterocycles. The zero-order valence-electron chi connectivity index (χ0n) is 10.5. The summed E-state index contributed by atoms with van der Waals surface area (Å²) in [6, 6.07) is 3.37. The molecular weight excluding hydrogens is 270 g/mol. The van der Waals surface area contributed by atoms with Gasteiger partial charge in [-0.3, -0.25) is 0 Å². The standard InChI is InChI=1S/C11H15N3O4S/c1-19(17,18)10-9(3-2-4-12-10)13-5-7-14(8-6-13)11(15)16/h2-4H,5-8H2,1H3,(H,15,16). The molecule has 0 bridgehead atoms. The van der Waals surface area contributed by atoms with E-state index in [2.05, 4.69) is 4.98 Å². The Morgan fingerprint density at radius 2 is 1.95 bits per heavy atom. The van der Waals surface area contributed by atoms with Crippen LogP contribution in [0, 0.1) is 0 Å². The molecule has 104 valence electrons. The number of nitrogens with zero attached hydrogens (tertiary/aromatic N) is 3. The zero-order valence-corrected chi connectivity index (χ0v) is 11.3. The van der Waals surface area contributed by atoms with Crippen molar-refractivity contribution < 1.29 is 18.3 Å². The van der Waals surface area contributed by atoms with Gasteiger partial charge in [0.15, 0.2) is 14.9 Å². The third-order valence-corrected chi connectivity index (χ3v) is 4.01. The molecule has 1 N–H and O–H groups in total. The molecular formula is C11H15N3O4S. The van der Waals surface area contributed by atoms with E-state index in [9.17, 15) is 13.2 Å². The quantitative estimate of drug-likeness (QED) is 0.839. The average molecular weight is 285 g/mol. The highest BCUT2D eigenvalue weighted by Gasteiger charge is 2.24. The van der Waals surface area contributed by atoms with Crippen molar-refractivity contribution in [2.75, 3.05) is 37.3 Å². The van der Waals surface area contributed by atoms with E-state index in [0.29, 0.717) is 31.9 Å². The summed E-state index contributed by atoms with van der Waals surface area (Å²) in [6.45, 7) is 1.63. The first kappa shape index (κ1) is 13.6. The first-order valence-corrected chi connectivity index (χ1v) is 7.66. The SMILES string of the molecule is CS(=O)(=O)c1ncccc1N1CCN(C(=O)O)CC1. The van der Waals surface area contributed by atoms with Crippen molar-refractivity contribution in [2.24, 2.45) is 0 Å². The highest BCUT2D eigenvalue weighted by molar-refractivity contribution is 7.90. The molecule has 1 amide bonds. The van der Waals surface area contributed by atoms with E-state index >= 15 is 0 Å². The summed E-state index contributed by atoms with van der Waals surface area (Å²) in [4.78, 5) is 17.9. The lowest BCUT2D eigenvalue weighted by Crippen LogP contribution is -2.48. The molecule has 0 saturated carbocycles. The molecule has 1 aromatic heterocycles. The number of hydrogen-bond donors (Lipinski definition) is 1. The van der Waals surface area contributed by atoms with Crippen LogP contribution in [0.15, 0.2) is 23.4 Å². The van der Waals surface area contributed by atoms with Crippen LogP contribution in [-0.4, -0.2) is 61.9 Å². The predicted octanol–water partition coefficient (Wildman–Crippen LogP) is 0.285. The first-order chi connectivity index (χ1) is 8.89. The second-order valence-electron chi connectivity index (χ2n) is 4.36. The van der Waals surface area contributed by atoms with E-state index in [1.165, 1.54) is 11.1 Å². The summed E-state index contributed by atoms with van der Waals surface area (Å²) >= 11 is 0. The molecule has 19 heavy (non-hydrogen) atoms. The Kier molecular flexibility index (Phi) is 3.61. The fourth-order valence-electron chi connectivity index (χ4n) is 2.05. The molecule has 0 atom stereocenters. The van der Waals surface area contributed by atoms with Crippen molar-refractivity contribution in [3.63, 3.8) is 0 Å². The van der Waals surface area contributed by atoms with Crippen molar-refractivity contribution in [1.29, 1.82) is 0 Å². The summed E-state index contributed by atoms with van der Waals surface area (Å²) < 4.78 is 23.4. The minimum Gasteiger partial charge on any atom is -0.465 e. The summed E-state index contributed by atoms with van der Waals surface area (Å²) in [5, 5.41) is 8.92. The Hall–Kier alpha value is -1.83. The van der Waals surface area contributed by atoms with Crippen LogP contribution in [0.3, 0.4) is 0 Å². The molecule has 0 radical (unpaired) electrons. The largest absolute Gasteiger partial charge is 0.465 e. The molecule has 0 aromatic carbocycles. The van der Waals surface area contributed by atoms with Crippen LogP contribution in [0.4, 0.5) is 10.5 Å². The molecule has 1 fully saturated rings. The number of pyridine rings is 1. The normalized spacial score (nSPS) is 16.5. The summed E-state index contributed by atoms with van der Waals surface area (Å²) in [5.41, 5.74) is 0.537. The second-order valence-corrected chi connectivity index (χ2v) is 6.29. The van der Waals surface area contributed by atoms with Crippen LogP contribution >= 0.6 is 0 Å². The van der Waals surface area contributed by atoms with Gasteiger partial charge in [-0.1, -0.05) is 0 Å². The number of aromatic nitrogens is 1. The molecule has 1 aromatic rings. The van der Waals surface area contributed by atoms with Gasteiger partial charge >= 0.3 is 6.09 Å². The third kappa shape index (κ3) is 2.95. The minimum atomic E-state index is -3.40. The van der Waals surface area contributed by atoms with Gasteiger partial charge in [0.2, 0.25) is 0 Å². The Morgan fingerprint density at radius 1 is 1.32 bits per heavy atom. The van der Waals surface area contributed by atoms with Gasteiger partial charge in [0.05, 0.1) is 5.69 Å². The fraction of sp³-hybridized carbons (Fsp3) is 0.455. The lowest BCUT2D eigenvalue weighted by atomic mass is 10.3. The van der Waals surface area contributed by atoms with E-state index in [-0.39, 0.29) is 5.03 Å². The first-order valence-electron chi connectivity index (χ1n) is 5.77. The van der Waals surface area contributed by atoms with Gasteiger partial charge in [-0.25, -0.2) is 18.2 Å². The number of carbonyl (C=O) groups is 1. The van der Waals surface area contributed by atoms with Crippen LogP contribution in [-0.2, 0) is 9.84 Å². The lowest BCUT2D eigenvalue weighted by Gasteiger charge is -2.35. The number of amides is 1. The Balaban J connectivity index is 2.23. The Morgan fingerprint density at radius 3 is 2.47 bits per heavy atom. The van der Waals surface area contributed by atoms with Crippen molar-refractivity contribution >= 4 is 21.6 Å². The monoisotopic (exact) mass is 285 g/mol. The van der Waals surface area contributed by atoms with Crippen LogP contribution in [0.2, 0.25) is 0 Å². The average Bonchev–Trinajstić information content (AvgIpc) is 2.38. The summed E-state index contributed by atoms with van der Waals surface area (Å²) in [5.74, 6) is 0. The molecule has 1 aliphatic rings. The maximum absolute atomic E-state index is 11.7. The van der Waals surface area contributed by atoms with Gasteiger partial charge in [-0.2, -0.15) is 0 Å². The van der Waals surface area contributed by atoms with Crippen molar-refractivity contribution in [1.82, 2.24) is 9.88 Å². The van der Waals surface area contributed by atoms with Gasteiger partial charge < -0.3 is 14.9 Å². The van der Waals surface area contributed by atoms with Crippen molar-refractivity contribution in [3.05, 3.63) is 18.3 Å². The van der Waals surface area contributed by atoms with Crippen LogP contribution in [0.25, 0.3) is 0 Å². The second kappa shape index (κ2) is 5.04. The smallest absolute Gasteiger partial charge is 0.407 e. The minimum absolute atomic E-state index is 0.0405. The molecule has 2 heterocycles. The number of hydrogen-bond acceptors (Lipinski definition) is 5. The maximum atomic E-state index is 11.7. The predicted molar refractivity (Wildman–Crippen MR) is 69.2 cm³/mol. The molecule has 2 rings (SSSR count). The summed E-state index contributed by atoms with van der Waals surface area (Å²) in [6.07, 6.45) is 1.61. The van der Waals surface area contributed by atoms with E-state index in [1.54, 1.807) is 12.1 Å². The molecule has 8 heteroatoms. The highest BCUT2D eigenvalue weighted by Crippen LogP contribution is 2.23. The van der Waals surface area contributed by atoms with Gasteiger partial charge in [0, 0.05) is 38.6 Å². The van der Waals surface area contributed by atoms with Gasteiger partial charge in [0.25, 0.3) is 0 Å². The number of piperazine rings is 1. The van der Waals surface area contributed by atoms with Crippen molar-refractivity contribution in [2.45, 2.75) is 5.03 Å².